The summed E-state index contributed by atoms with van der Waals surface area (Å²) in [5.41, 5.74) is 16.9. The van der Waals surface area contributed by atoms with E-state index in [9.17, 15) is 14.4 Å². The van der Waals surface area contributed by atoms with E-state index in [4.69, 9.17) is 67.3 Å². The minimum absolute atomic E-state index is 0. The summed E-state index contributed by atoms with van der Waals surface area (Å²) in [6.45, 7) is 0. The van der Waals surface area contributed by atoms with Gasteiger partial charge in [-0.2, -0.15) is 0 Å². The molecule has 0 radical (unpaired) electrons. The Morgan fingerprint density at radius 1 is 0.529 bits per heavy atom. The summed E-state index contributed by atoms with van der Waals surface area (Å²) >= 11 is 16.6. The summed E-state index contributed by atoms with van der Waals surface area (Å²) in [6, 6.07) is 12.8. The van der Waals surface area contributed by atoms with Gasteiger partial charge in [0.15, 0.2) is 0 Å². The normalized spacial score (nSPS) is 9.26. The van der Waals surface area contributed by atoms with Gasteiger partial charge in [0.25, 0.3) is 0 Å². The zero-order valence-corrected chi connectivity index (χ0v) is 21.2. The molecule has 0 atom stereocenters. The van der Waals surface area contributed by atoms with Gasteiger partial charge in [-0.15, -0.1) is 0 Å². The maximum atomic E-state index is 10.4. The minimum atomic E-state index is -1.04. The molecule has 3 aromatic rings. The number of hydrogen-bond acceptors (Lipinski definition) is 6. The summed E-state index contributed by atoms with van der Waals surface area (Å²) in [6.07, 6.45) is 0. The predicted molar refractivity (Wildman–Crippen MR) is 128 cm³/mol. The molecule has 0 aliphatic heterocycles. The molecule has 13 heteroatoms. The molecule has 9 nitrogen and oxygen atoms in total. The molecule has 184 valence electrons. The fourth-order valence-electron chi connectivity index (χ4n) is 2.19. The number of hydrogen-bond donors (Lipinski definition) is 6. The van der Waals surface area contributed by atoms with Gasteiger partial charge in [0.2, 0.25) is 0 Å². The van der Waals surface area contributed by atoms with Crippen LogP contribution >= 0.6 is 34.8 Å². The van der Waals surface area contributed by atoms with Crippen LogP contribution in [0, 0.1) is 38.2 Å². The molecule has 9 N–H and O–H groups in total. The fourth-order valence-corrected chi connectivity index (χ4v) is 2.73. The number of benzene rings is 3. The summed E-state index contributed by atoms with van der Waals surface area (Å²) in [5.74, 6) is -3.13. The average molecular weight is 677 g/mol. The van der Waals surface area contributed by atoms with Crippen LogP contribution in [0.25, 0.3) is 0 Å². The third-order valence-electron chi connectivity index (χ3n) is 3.73. The van der Waals surface area contributed by atoms with E-state index >= 15 is 0 Å². The van der Waals surface area contributed by atoms with Crippen molar-refractivity contribution in [3.63, 3.8) is 0 Å². The van der Waals surface area contributed by atoms with Crippen LogP contribution in [0.3, 0.4) is 0 Å². The van der Waals surface area contributed by atoms with Gasteiger partial charge in [-0.25, -0.2) is 14.4 Å². The van der Waals surface area contributed by atoms with Crippen LogP contribution in [0.15, 0.2) is 54.6 Å². The van der Waals surface area contributed by atoms with Crippen molar-refractivity contribution in [3.05, 3.63) is 86.4 Å². The third-order valence-corrected chi connectivity index (χ3v) is 4.44. The van der Waals surface area contributed by atoms with E-state index < -0.39 is 17.9 Å². The zero-order valence-electron chi connectivity index (χ0n) is 16.9. The van der Waals surface area contributed by atoms with E-state index in [-0.39, 0.29) is 71.9 Å². The molecule has 0 unspecified atom stereocenters. The van der Waals surface area contributed by atoms with Crippen LogP contribution in [0.2, 0.25) is 15.1 Å². The Hall–Kier alpha value is -2.39. The molecule has 3 aromatic carbocycles. The van der Waals surface area contributed by atoms with Gasteiger partial charge < -0.3 is 32.5 Å². The molecule has 0 heterocycles. The Balaban J connectivity index is 0.000000473. The van der Waals surface area contributed by atoms with Gasteiger partial charge >= 0.3 is 17.9 Å². The van der Waals surface area contributed by atoms with Crippen LogP contribution in [0.4, 0.5) is 17.1 Å². The molecule has 0 amide bonds. The largest absolute Gasteiger partial charge is 0.478 e. The molecule has 0 saturated carbocycles. The number of nitrogens with two attached hydrogens (primary N) is 3. The number of carboxylic acids is 3. The first-order valence-electron chi connectivity index (χ1n) is 8.68. The fraction of sp³-hybridized carbons (Fsp3) is 0. The second kappa shape index (κ2) is 14.8. The van der Waals surface area contributed by atoms with Gasteiger partial charge in [-0.05, 0) is 54.6 Å². The topological polar surface area (TPSA) is 190 Å². The van der Waals surface area contributed by atoms with Gasteiger partial charge in [0.05, 0.1) is 16.7 Å². The smallest absolute Gasteiger partial charge is 0.337 e. The summed E-state index contributed by atoms with van der Waals surface area (Å²) in [4.78, 5) is 31.2. The summed E-state index contributed by atoms with van der Waals surface area (Å²) < 4.78 is 0. The molecule has 3 rings (SSSR count). The van der Waals surface area contributed by atoms with E-state index in [0.717, 1.165) is 0 Å². The molecule has 0 bridgehead atoms. The second-order valence-electron chi connectivity index (χ2n) is 6.11. The Morgan fingerprint density at radius 2 is 0.735 bits per heavy atom. The summed E-state index contributed by atoms with van der Waals surface area (Å²) in [7, 11) is 0. The van der Waals surface area contributed by atoms with E-state index in [2.05, 4.69) is 0 Å². The molecule has 0 aromatic heterocycles. The number of aromatic carboxylic acids is 3. The van der Waals surface area contributed by atoms with Crippen LogP contribution in [-0.4, -0.2) is 33.2 Å². The Labute approximate surface area is 239 Å². The van der Waals surface area contributed by atoms with Crippen molar-refractivity contribution in [2.75, 3.05) is 17.2 Å². The van der Waals surface area contributed by atoms with Gasteiger partial charge in [0, 0.05) is 70.3 Å². The van der Waals surface area contributed by atoms with E-state index in [0.29, 0.717) is 15.1 Å². The van der Waals surface area contributed by atoms with Crippen LogP contribution < -0.4 is 17.2 Å². The van der Waals surface area contributed by atoms with E-state index in [1.807, 2.05) is 0 Å². The van der Waals surface area contributed by atoms with Gasteiger partial charge in [-0.3, -0.25) is 0 Å². The molecule has 0 aliphatic carbocycles. The molecule has 0 aliphatic rings. The number of nitrogen functional groups attached to an aromatic ring is 3. The quantitative estimate of drug-likeness (QED) is 0.210. The van der Waals surface area contributed by atoms with Crippen molar-refractivity contribution in [1.29, 1.82) is 0 Å². The van der Waals surface area contributed by atoms with Crippen molar-refractivity contribution < 1.29 is 67.9 Å². The Morgan fingerprint density at radius 3 is 0.882 bits per heavy atom. The van der Waals surface area contributed by atoms with Crippen molar-refractivity contribution in [1.82, 2.24) is 0 Å². The second-order valence-corrected chi connectivity index (χ2v) is 7.42. The number of rotatable bonds is 3. The van der Waals surface area contributed by atoms with E-state index in [1.165, 1.54) is 54.6 Å². The summed E-state index contributed by atoms with van der Waals surface area (Å²) in [5, 5.41) is 26.9. The predicted octanol–water partition coefficient (Wildman–Crippen LogP) is 4.86. The number of carboxylic acid groups (broad SMARTS) is 3. The number of halogens is 3. The van der Waals surface area contributed by atoms with Crippen LogP contribution in [0.5, 0.6) is 0 Å². The molecular weight excluding hydrogens is 659 g/mol. The van der Waals surface area contributed by atoms with Crippen molar-refractivity contribution in [2.24, 2.45) is 0 Å². The number of anilines is 3. The molecule has 34 heavy (non-hydrogen) atoms. The van der Waals surface area contributed by atoms with Crippen molar-refractivity contribution >= 4 is 69.8 Å². The average Bonchev–Trinajstić information content (AvgIpc) is 2.68. The maximum absolute atomic E-state index is 10.4. The maximum Gasteiger partial charge on any atom is 0.337 e. The zero-order chi connectivity index (χ0) is 25.3. The minimum Gasteiger partial charge on any atom is -0.478 e. The molecular formula is C21H18Cl3DyN3O6. The van der Waals surface area contributed by atoms with Gasteiger partial charge in [0.1, 0.15) is 0 Å². The SMILES string of the molecule is Nc1cc(Cl)ccc1C(=O)O.Nc1cc(Cl)ccc1C(=O)O.Nc1cc(Cl)ccc1C(=O)O.[Dy]. The first-order chi connectivity index (χ1) is 15.3. The van der Waals surface area contributed by atoms with Crippen LogP contribution in [0.1, 0.15) is 31.1 Å². The standard InChI is InChI=1S/3C7H6ClNO2.Dy/c3*8-4-1-2-5(7(10)11)6(9)3-4;/h3*1-3H,9H2,(H,10,11);. The molecule has 0 fully saturated rings. The monoisotopic (exact) mass is 677 g/mol. The molecule has 0 saturated heterocycles. The number of carbonyl (C=O) groups is 3. The Kier molecular flexibility index (Phi) is 13.7. The first-order valence-corrected chi connectivity index (χ1v) is 9.81. The van der Waals surface area contributed by atoms with Crippen molar-refractivity contribution in [3.8, 4) is 0 Å². The molecule has 0 spiro atoms. The van der Waals surface area contributed by atoms with Gasteiger partial charge in [-0.1, -0.05) is 34.8 Å². The van der Waals surface area contributed by atoms with E-state index in [1.54, 1.807) is 0 Å². The van der Waals surface area contributed by atoms with Crippen LogP contribution in [-0.2, 0) is 0 Å². The third kappa shape index (κ3) is 10.3. The van der Waals surface area contributed by atoms with Crippen molar-refractivity contribution in [2.45, 2.75) is 0 Å². The Bertz CT molecular complexity index is 1050. The first kappa shape index (κ1) is 31.6.